The molecule has 4 heteroatoms. The number of para-hydroxylation sites is 1. The fourth-order valence-electron chi connectivity index (χ4n) is 1.83. The van der Waals surface area contributed by atoms with Gasteiger partial charge < -0.3 is 10.1 Å². The van der Waals surface area contributed by atoms with E-state index in [2.05, 4.69) is 31.1 Å². The third-order valence-corrected chi connectivity index (χ3v) is 4.15. The Morgan fingerprint density at radius 2 is 2.00 bits per heavy atom. The van der Waals surface area contributed by atoms with Crippen molar-refractivity contribution in [2.75, 3.05) is 6.61 Å². The maximum Gasteiger partial charge on any atom is 0.119 e. The molecule has 2 rings (SSSR count). The lowest BCUT2D eigenvalue weighted by molar-refractivity contribution is 0.321. The molecule has 108 valence electrons. The molecule has 0 atom stereocenters. The van der Waals surface area contributed by atoms with E-state index < -0.39 is 0 Å². The molecule has 1 aromatic heterocycles. The van der Waals surface area contributed by atoms with E-state index in [9.17, 15) is 0 Å². The fourth-order valence-corrected chi connectivity index (χ4v) is 2.83. The Bertz CT molecular complexity index is 523. The van der Waals surface area contributed by atoms with Crippen LogP contribution < -0.4 is 10.1 Å². The fraction of sp³-hybridized carbons (Fsp3) is 0.438. The number of hydrogen-bond acceptors (Lipinski definition) is 4. The van der Waals surface area contributed by atoms with Crippen molar-refractivity contribution < 1.29 is 4.74 Å². The number of aryl methyl sites for hydroxylation is 1. The van der Waals surface area contributed by atoms with Gasteiger partial charge in [-0.05, 0) is 19.1 Å². The topological polar surface area (TPSA) is 34.1 Å². The van der Waals surface area contributed by atoms with Crippen LogP contribution in [0.1, 0.15) is 29.4 Å². The second-order valence-electron chi connectivity index (χ2n) is 5.06. The summed E-state index contributed by atoms with van der Waals surface area (Å²) in [4.78, 5) is 5.95. The highest BCUT2D eigenvalue weighted by Crippen LogP contribution is 2.19. The average molecular weight is 290 g/mol. The molecule has 0 spiro atoms. The summed E-state index contributed by atoms with van der Waals surface area (Å²) in [6, 6.07) is 10.4. The van der Waals surface area contributed by atoms with Crippen molar-refractivity contribution in [2.45, 2.75) is 39.8 Å². The third-order valence-electron chi connectivity index (χ3n) is 2.94. The molecule has 0 aliphatic carbocycles. The number of ether oxygens (including phenoxy) is 1. The van der Waals surface area contributed by atoms with Crippen LogP contribution in [0.25, 0.3) is 0 Å². The molecule has 0 unspecified atom stereocenters. The van der Waals surface area contributed by atoms with E-state index in [1.54, 1.807) is 11.3 Å². The molecule has 0 saturated heterocycles. The maximum atomic E-state index is 5.71. The standard InChI is InChI=1S/C16H22N2OS/c1-12(2)17-11-15-13(3)18-16(20-15)9-10-19-14-7-5-4-6-8-14/h4-8,12,17H,9-11H2,1-3H3. The Balaban J connectivity index is 1.83. The summed E-state index contributed by atoms with van der Waals surface area (Å²) in [6.45, 7) is 7.97. The minimum absolute atomic E-state index is 0.501. The molecular formula is C16H22N2OS. The molecule has 1 aromatic carbocycles. The van der Waals surface area contributed by atoms with Gasteiger partial charge in [-0.3, -0.25) is 0 Å². The largest absolute Gasteiger partial charge is 0.493 e. The Kier molecular flexibility index (Phi) is 5.56. The highest BCUT2D eigenvalue weighted by Gasteiger charge is 2.08. The van der Waals surface area contributed by atoms with Crippen LogP contribution in [0, 0.1) is 6.92 Å². The van der Waals surface area contributed by atoms with Gasteiger partial charge in [-0.1, -0.05) is 32.0 Å². The lowest BCUT2D eigenvalue weighted by atomic mass is 10.3. The van der Waals surface area contributed by atoms with Crippen molar-refractivity contribution >= 4 is 11.3 Å². The van der Waals surface area contributed by atoms with Crippen LogP contribution in [-0.4, -0.2) is 17.6 Å². The van der Waals surface area contributed by atoms with Gasteiger partial charge in [0, 0.05) is 23.9 Å². The number of aromatic nitrogens is 1. The Hall–Kier alpha value is -1.39. The van der Waals surface area contributed by atoms with Crippen molar-refractivity contribution in [2.24, 2.45) is 0 Å². The van der Waals surface area contributed by atoms with E-state index in [0.717, 1.165) is 29.4 Å². The van der Waals surface area contributed by atoms with E-state index in [0.29, 0.717) is 12.6 Å². The van der Waals surface area contributed by atoms with Crippen molar-refractivity contribution in [3.8, 4) is 5.75 Å². The smallest absolute Gasteiger partial charge is 0.119 e. The summed E-state index contributed by atoms with van der Waals surface area (Å²) in [7, 11) is 0. The Labute approximate surface area is 125 Å². The normalized spacial score (nSPS) is 11.0. The van der Waals surface area contributed by atoms with Crippen LogP contribution in [0.15, 0.2) is 30.3 Å². The van der Waals surface area contributed by atoms with Gasteiger partial charge in [-0.2, -0.15) is 0 Å². The number of rotatable bonds is 7. The van der Waals surface area contributed by atoms with E-state index >= 15 is 0 Å². The third kappa shape index (κ3) is 4.62. The van der Waals surface area contributed by atoms with Crippen molar-refractivity contribution in [3.05, 3.63) is 45.9 Å². The highest BCUT2D eigenvalue weighted by atomic mass is 32.1. The number of benzene rings is 1. The molecule has 1 N–H and O–H groups in total. The first kappa shape index (κ1) is 15.0. The zero-order chi connectivity index (χ0) is 14.4. The van der Waals surface area contributed by atoms with Crippen LogP contribution in [0.4, 0.5) is 0 Å². The molecule has 1 heterocycles. The van der Waals surface area contributed by atoms with Crippen LogP contribution in [0.5, 0.6) is 5.75 Å². The summed E-state index contributed by atoms with van der Waals surface area (Å²) in [5, 5.41) is 4.59. The SMILES string of the molecule is Cc1nc(CCOc2ccccc2)sc1CNC(C)C. The summed E-state index contributed by atoms with van der Waals surface area (Å²) in [5.74, 6) is 0.919. The minimum atomic E-state index is 0.501. The predicted molar refractivity (Wildman–Crippen MR) is 84.5 cm³/mol. The van der Waals surface area contributed by atoms with Crippen LogP contribution >= 0.6 is 11.3 Å². The summed E-state index contributed by atoms with van der Waals surface area (Å²) < 4.78 is 5.71. The molecule has 0 aliphatic rings. The van der Waals surface area contributed by atoms with Crippen LogP contribution in [-0.2, 0) is 13.0 Å². The number of nitrogens with one attached hydrogen (secondary N) is 1. The molecule has 0 amide bonds. The molecule has 0 fully saturated rings. The molecule has 3 nitrogen and oxygen atoms in total. The van der Waals surface area contributed by atoms with Gasteiger partial charge in [0.2, 0.25) is 0 Å². The van der Waals surface area contributed by atoms with Crippen molar-refractivity contribution in [3.63, 3.8) is 0 Å². The van der Waals surface area contributed by atoms with E-state index in [-0.39, 0.29) is 0 Å². The second kappa shape index (κ2) is 7.41. The van der Waals surface area contributed by atoms with Crippen LogP contribution in [0.3, 0.4) is 0 Å². The van der Waals surface area contributed by atoms with Gasteiger partial charge >= 0.3 is 0 Å². The van der Waals surface area contributed by atoms with Crippen LogP contribution in [0.2, 0.25) is 0 Å². The number of hydrogen-bond donors (Lipinski definition) is 1. The van der Waals surface area contributed by atoms with E-state index in [1.807, 2.05) is 30.3 Å². The zero-order valence-corrected chi connectivity index (χ0v) is 13.2. The van der Waals surface area contributed by atoms with Gasteiger partial charge in [0.05, 0.1) is 17.3 Å². The van der Waals surface area contributed by atoms with E-state index in [1.165, 1.54) is 4.88 Å². The second-order valence-corrected chi connectivity index (χ2v) is 6.23. The number of thiazole rings is 1. The van der Waals surface area contributed by atoms with Crippen molar-refractivity contribution in [1.29, 1.82) is 0 Å². The van der Waals surface area contributed by atoms with Crippen molar-refractivity contribution in [1.82, 2.24) is 10.3 Å². The van der Waals surface area contributed by atoms with Gasteiger partial charge in [0.25, 0.3) is 0 Å². The Morgan fingerprint density at radius 1 is 1.25 bits per heavy atom. The maximum absolute atomic E-state index is 5.71. The molecule has 0 saturated carbocycles. The quantitative estimate of drug-likeness (QED) is 0.846. The lowest BCUT2D eigenvalue weighted by Crippen LogP contribution is -2.21. The van der Waals surface area contributed by atoms with Gasteiger partial charge in [-0.25, -0.2) is 4.98 Å². The first-order chi connectivity index (χ1) is 9.65. The molecule has 0 bridgehead atoms. The van der Waals surface area contributed by atoms with E-state index in [4.69, 9.17) is 4.74 Å². The molecule has 0 radical (unpaired) electrons. The molecular weight excluding hydrogens is 268 g/mol. The van der Waals surface area contributed by atoms with Gasteiger partial charge in [0.1, 0.15) is 5.75 Å². The first-order valence-electron chi connectivity index (χ1n) is 7.01. The summed E-state index contributed by atoms with van der Waals surface area (Å²) in [6.07, 6.45) is 0.863. The average Bonchev–Trinajstić information content (AvgIpc) is 2.78. The minimum Gasteiger partial charge on any atom is -0.493 e. The van der Waals surface area contributed by atoms with Gasteiger partial charge in [-0.15, -0.1) is 11.3 Å². The lowest BCUT2D eigenvalue weighted by Gasteiger charge is -2.06. The zero-order valence-electron chi connectivity index (χ0n) is 12.3. The predicted octanol–water partition coefficient (Wildman–Crippen LogP) is 3.57. The monoisotopic (exact) mass is 290 g/mol. The van der Waals surface area contributed by atoms with Gasteiger partial charge in [0.15, 0.2) is 0 Å². The molecule has 2 aromatic rings. The summed E-state index contributed by atoms with van der Waals surface area (Å²) >= 11 is 1.78. The Morgan fingerprint density at radius 3 is 2.70 bits per heavy atom. The molecule has 20 heavy (non-hydrogen) atoms. The molecule has 0 aliphatic heterocycles. The summed E-state index contributed by atoms with van der Waals surface area (Å²) in [5.41, 5.74) is 1.14. The first-order valence-corrected chi connectivity index (χ1v) is 7.83. The number of nitrogens with zero attached hydrogens (tertiary/aromatic N) is 1. The highest BCUT2D eigenvalue weighted by molar-refractivity contribution is 7.11.